The van der Waals surface area contributed by atoms with Gasteiger partial charge in [0.2, 0.25) is 0 Å². The Kier molecular flexibility index (Phi) is 12.1. The maximum absolute atomic E-state index is 12.4. The Bertz CT molecular complexity index is 2030. The van der Waals surface area contributed by atoms with Crippen molar-refractivity contribution >= 4 is 29.1 Å². The minimum absolute atomic E-state index is 0.0458. The van der Waals surface area contributed by atoms with Crippen LogP contribution in [0.1, 0.15) is 110 Å². The monoisotopic (exact) mass is 668 g/mol. The van der Waals surface area contributed by atoms with E-state index >= 15 is 0 Å². The van der Waals surface area contributed by atoms with Crippen LogP contribution in [0.3, 0.4) is 0 Å². The highest BCUT2D eigenvalue weighted by Crippen LogP contribution is 2.30. The van der Waals surface area contributed by atoms with E-state index in [2.05, 4.69) is 0 Å². The summed E-state index contributed by atoms with van der Waals surface area (Å²) in [7, 11) is 0. The van der Waals surface area contributed by atoms with Crippen LogP contribution in [-0.2, 0) is 16.6 Å². The van der Waals surface area contributed by atoms with Crippen LogP contribution < -0.4 is 0 Å². The number of carbonyl (C=O) groups is 5. The quantitative estimate of drug-likeness (QED) is 0.155. The Morgan fingerprint density at radius 2 is 1.16 bits per heavy atom. The van der Waals surface area contributed by atoms with Crippen molar-refractivity contribution in [1.82, 2.24) is 0 Å². The number of benzene rings is 5. The first-order chi connectivity index (χ1) is 23.9. The third kappa shape index (κ3) is 8.18. The largest absolute Gasteiger partial charge is 0.508 e. The summed E-state index contributed by atoms with van der Waals surface area (Å²) in [6.07, 6.45) is 1.83. The molecule has 1 aliphatic rings. The molecule has 0 bridgehead atoms. The van der Waals surface area contributed by atoms with Gasteiger partial charge in [-0.1, -0.05) is 106 Å². The zero-order valence-electron chi connectivity index (χ0n) is 28.6. The lowest BCUT2D eigenvalue weighted by Gasteiger charge is -2.24. The zero-order valence-corrected chi connectivity index (χ0v) is 28.6. The van der Waals surface area contributed by atoms with E-state index in [1.54, 1.807) is 85.8 Å². The molecule has 0 aliphatic heterocycles. The molecule has 0 saturated carbocycles. The molecule has 0 aromatic heterocycles. The average molecular weight is 669 g/mol. The number of carboxylic acids is 1. The van der Waals surface area contributed by atoms with Crippen molar-refractivity contribution in [2.24, 2.45) is 0 Å². The molecule has 0 heterocycles. The maximum Gasteiger partial charge on any atom is 0.313 e. The summed E-state index contributed by atoms with van der Waals surface area (Å²) >= 11 is 0. The number of aryl methyl sites for hydroxylation is 1. The molecule has 0 saturated heterocycles. The second-order valence-corrected chi connectivity index (χ2v) is 12.0. The van der Waals surface area contributed by atoms with E-state index in [4.69, 9.17) is 5.11 Å². The summed E-state index contributed by atoms with van der Waals surface area (Å²) in [4.78, 5) is 59.7. The fraction of sp³-hybridized carbons (Fsp3) is 0.186. The number of rotatable bonds is 8. The van der Waals surface area contributed by atoms with Gasteiger partial charge in [0.15, 0.2) is 23.1 Å². The van der Waals surface area contributed by atoms with Crippen molar-refractivity contribution in [2.45, 2.75) is 52.4 Å². The van der Waals surface area contributed by atoms with Crippen molar-refractivity contribution in [3.8, 4) is 5.75 Å². The number of ketones is 4. The number of hydrogen-bond donors (Lipinski definition) is 2. The molecule has 2 N–H and O–H groups in total. The fourth-order valence-corrected chi connectivity index (χ4v) is 5.46. The van der Waals surface area contributed by atoms with Gasteiger partial charge in [-0.05, 0) is 67.3 Å². The van der Waals surface area contributed by atoms with Gasteiger partial charge in [-0.2, -0.15) is 0 Å². The molecule has 1 unspecified atom stereocenters. The number of fused-ring (bicyclic) bond motifs is 2. The first kappa shape index (κ1) is 36.9. The van der Waals surface area contributed by atoms with Crippen LogP contribution in [0.2, 0.25) is 0 Å². The summed E-state index contributed by atoms with van der Waals surface area (Å²) < 4.78 is 0. The summed E-state index contributed by atoms with van der Waals surface area (Å²) in [5.74, 6) is -0.781. The van der Waals surface area contributed by atoms with E-state index in [-0.39, 0.29) is 28.9 Å². The highest BCUT2D eigenvalue weighted by Gasteiger charge is 2.33. The topological polar surface area (TPSA) is 126 Å². The first-order valence-electron chi connectivity index (χ1n) is 16.5. The average Bonchev–Trinajstić information content (AvgIpc) is 3.16. The predicted molar refractivity (Wildman–Crippen MR) is 193 cm³/mol. The third-order valence-corrected chi connectivity index (χ3v) is 8.89. The zero-order chi connectivity index (χ0) is 36.4. The molecular formula is C43H40O7. The van der Waals surface area contributed by atoms with Crippen LogP contribution in [0, 0.1) is 0 Å². The second-order valence-electron chi connectivity index (χ2n) is 12.0. The lowest BCUT2D eigenvalue weighted by Crippen LogP contribution is -2.31. The fourth-order valence-electron chi connectivity index (χ4n) is 5.46. The van der Waals surface area contributed by atoms with Gasteiger partial charge >= 0.3 is 5.97 Å². The van der Waals surface area contributed by atoms with Crippen molar-refractivity contribution in [2.75, 3.05) is 0 Å². The molecule has 5 aromatic rings. The maximum atomic E-state index is 12.4. The van der Waals surface area contributed by atoms with Crippen LogP contribution in [0.5, 0.6) is 5.75 Å². The Hall–Kier alpha value is -5.95. The molecule has 0 fully saturated rings. The van der Waals surface area contributed by atoms with Gasteiger partial charge in [-0.15, -0.1) is 0 Å². The van der Waals surface area contributed by atoms with Gasteiger partial charge in [-0.25, -0.2) is 0 Å². The molecule has 7 heteroatoms. The van der Waals surface area contributed by atoms with E-state index in [9.17, 15) is 29.1 Å². The molecule has 1 atom stereocenters. The van der Waals surface area contributed by atoms with Crippen LogP contribution in [0.15, 0.2) is 121 Å². The standard InChI is InChI=1S/C18H18O3.C16H12O2.C9H10O2/c1-3-18(2,17(20)21)15-11-7-10-14(12-15)16(19)13-8-5-4-6-9-13;1-2-10-7-8-13-14(9-10)16(18)12-6-4-3-5-11(12)15(13)17;1-2-9(11)7-3-5-8(10)6-4-7/h4-12H,3H2,1-2H3,(H,20,21);3-9H,2H2,1H3;3-6,10H,2H2,1H3. The minimum Gasteiger partial charge on any atom is -0.508 e. The Labute approximate surface area is 292 Å². The molecule has 0 radical (unpaired) electrons. The number of aromatic hydroxyl groups is 1. The highest BCUT2D eigenvalue weighted by atomic mass is 16.4. The molecule has 1 aliphatic carbocycles. The minimum atomic E-state index is -0.979. The SMILES string of the molecule is CCC(=O)c1ccc(O)cc1.CCC(C)(C(=O)O)c1cccc(C(=O)c2ccccc2)c1.CCc1ccc2c(c1)C(=O)c1ccccc1C2=O. The van der Waals surface area contributed by atoms with Gasteiger partial charge in [0.05, 0.1) is 5.41 Å². The van der Waals surface area contributed by atoms with E-state index in [0.29, 0.717) is 57.3 Å². The molecule has 0 spiro atoms. The molecule has 6 rings (SSSR count). The lowest BCUT2D eigenvalue weighted by atomic mass is 9.79. The van der Waals surface area contributed by atoms with Crippen LogP contribution in [0.25, 0.3) is 0 Å². The first-order valence-corrected chi connectivity index (χ1v) is 16.5. The highest BCUT2D eigenvalue weighted by molar-refractivity contribution is 6.28. The molecule has 7 nitrogen and oxygen atoms in total. The number of phenolic OH excluding ortho intramolecular Hbond substituents is 1. The van der Waals surface area contributed by atoms with Gasteiger partial charge < -0.3 is 10.2 Å². The van der Waals surface area contributed by atoms with Gasteiger partial charge in [0, 0.05) is 45.4 Å². The Morgan fingerprint density at radius 1 is 0.600 bits per heavy atom. The molecular weight excluding hydrogens is 628 g/mol. The number of carboxylic acid groups (broad SMARTS) is 1. The smallest absolute Gasteiger partial charge is 0.313 e. The van der Waals surface area contributed by atoms with E-state index in [1.807, 2.05) is 51.1 Å². The third-order valence-electron chi connectivity index (χ3n) is 8.89. The summed E-state index contributed by atoms with van der Waals surface area (Å²) in [5.41, 5.74) is 4.62. The number of hydrogen-bond acceptors (Lipinski definition) is 6. The summed E-state index contributed by atoms with van der Waals surface area (Å²) in [5, 5.41) is 18.3. The van der Waals surface area contributed by atoms with Crippen LogP contribution in [-0.4, -0.2) is 39.3 Å². The Morgan fingerprint density at radius 3 is 1.72 bits per heavy atom. The van der Waals surface area contributed by atoms with Crippen molar-refractivity contribution in [1.29, 1.82) is 0 Å². The molecule has 5 aromatic carbocycles. The normalized spacial score (nSPS) is 12.5. The summed E-state index contributed by atoms with van der Waals surface area (Å²) in [6.45, 7) is 7.36. The molecule has 50 heavy (non-hydrogen) atoms. The number of phenols is 1. The van der Waals surface area contributed by atoms with Crippen molar-refractivity contribution in [3.63, 3.8) is 0 Å². The second kappa shape index (κ2) is 16.4. The van der Waals surface area contributed by atoms with E-state index in [1.165, 1.54) is 12.1 Å². The van der Waals surface area contributed by atoms with E-state index < -0.39 is 11.4 Å². The Balaban J connectivity index is 0.000000177. The molecule has 0 amide bonds. The predicted octanol–water partition coefficient (Wildman–Crippen LogP) is 8.68. The number of aliphatic carboxylic acids is 1. The number of Topliss-reactive ketones (excluding diaryl/α,β-unsaturated/α-hetero) is 1. The molecule has 254 valence electrons. The van der Waals surface area contributed by atoms with Crippen LogP contribution >= 0.6 is 0 Å². The summed E-state index contributed by atoms with van der Waals surface area (Å²) in [6, 6.07) is 34.7. The van der Waals surface area contributed by atoms with Crippen molar-refractivity contribution < 1.29 is 34.2 Å². The van der Waals surface area contributed by atoms with Gasteiger partial charge in [-0.3, -0.25) is 24.0 Å². The van der Waals surface area contributed by atoms with Crippen LogP contribution in [0.4, 0.5) is 0 Å². The van der Waals surface area contributed by atoms with Gasteiger partial charge in [0.1, 0.15) is 5.75 Å². The van der Waals surface area contributed by atoms with E-state index in [0.717, 1.165) is 12.0 Å². The van der Waals surface area contributed by atoms with Crippen molar-refractivity contribution in [3.05, 3.63) is 171 Å². The number of carbonyl (C=O) groups excluding carboxylic acids is 4. The lowest BCUT2D eigenvalue weighted by molar-refractivity contribution is -0.143. The van der Waals surface area contributed by atoms with Gasteiger partial charge in [0.25, 0.3) is 0 Å².